The lowest BCUT2D eigenvalue weighted by Crippen LogP contribution is -2.38. The van der Waals surface area contributed by atoms with Crippen LogP contribution >= 0.6 is 0 Å². The number of amides is 1. The fraction of sp³-hybridized carbons (Fsp3) is 0.185. The first-order chi connectivity index (χ1) is 17.3. The van der Waals surface area contributed by atoms with Gasteiger partial charge in [0.05, 0.1) is 22.8 Å². The Kier molecular flexibility index (Phi) is 7.61. The van der Waals surface area contributed by atoms with Crippen LogP contribution in [0.25, 0.3) is 16.9 Å². The molecule has 1 heterocycles. The fourth-order valence-corrected chi connectivity index (χ4v) is 5.22. The minimum Gasteiger partial charge on any atom is -0.309 e. The molecule has 0 saturated heterocycles. The Morgan fingerprint density at radius 3 is 2.31 bits per heavy atom. The Balaban J connectivity index is 1.63. The lowest BCUT2D eigenvalue weighted by molar-refractivity contribution is -0.116. The molecule has 7 nitrogen and oxygen atoms in total. The van der Waals surface area contributed by atoms with Crippen LogP contribution in [0.15, 0.2) is 89.8 Å². The van der Waals surface area contributed by atoms with Crippen molar-refractivity contribution in [2.75, 3.05) is 18.4 Å². The van der Waals surface area contributed by atoms with Gasteiger partial charge in [0.2, 0.25) is 15.9 Å². The molecule has 0 aliphatic heterocycles. The molecule has 0 fully saturated rings. The van der Waals surface area contributed by atoms with E-state index >= 15 is 0 Å². The van der Waals surface area contributed by atoms with Crippen molar-refractivity contribution in [3.05, 3.63) is 96.3 Å². The van der Waals surface area contributed by atoms with E-state index in [0.717, 1.165) is 33.3 Å². The number of aromatic nitrogens is 2. The minimum absolute atomic E-state index is 0.0683. The first-order valence-corrected chi connectivity index (χ1v) is 13.0. The van der Waals surface area contributed by atoms with E-state index in [9.17, 15) is 17.6 Å². The van der Waals surface area contributed by atoms with Gasteiger partial charge in [-0.3, -0.25) is 4.79 Å². The van der Waals surface area contributed by atoms with Crippen molar-refractivity contribution in [3.8, 4) is 16.9 Å². The first kappa shape index (κ1) is 25.3. The van der Waals surface area contributed by atoms with E-state index in [1.165, 1.54) is 12.1 Å². The Morgan fingerprint density at radius 2 is 1.67 bits per heavy atom. The van der Waals surface area contributed by atoms with E-state index < -0.39 is 28.3 Å². The molecule has 36 heavy (non-hydrogen) atoms. The average Bonchev–Trinajstić information content (AvgIpc) is 3.28. The summed E-state index contributed by atoms with van der Waals surface area (Å²) >= 11 is 0. The van der Waals surface area contributed by atoms with Crippen molar-refractivity contribution >= 4 is 21.7 Å². The summed E-state index contributed by atoms with van der Waals surface area (Å²) in [6, 6.07) is 23.6. The molecule has 4 rings (SSSR count). The van der Waals surface area contributed by atoms with E-state index in [0.29, 0.717) is 17.9 Å². The largest absolute Gasteiger partial charge is 0.309 e. The normalized spacial score (nSPS) is 11.6. The van der Waals surface area contributed by atoms with Crippen LogP contribution < -0.4 is 5.32 Å². The molecule has 0 aliphatic rings. The Labute approximate surface area is 210 Å². The maximum absolute atomic E-state index is 13.3. The second-order valence-electron chi connectivity index (χ2n) is 8.37. The molecule has 0 unspecified atom stereocenters. The molecule has 0 aliphatic carbocycles. The molecule has 4 aromatic rings. The third-order valence-corrected chi connectivity index (χ3v) is 7.43. The quantitative estimate of drug-likeness (QED) is 0.345. The first-order valence-electron chi connectivity index (χ1n) is 11.6. The lowest BCUT2D eigenvalue weighted by Gasteiger charge is -2.21. The molecule has 1 amide bonds. The van der Waals surface area contributed by atoms with E-state index in [4.69, 9.17) is 0 Å². The van der Waals surface area contributed by atoms with Crippen molar-refractivity contribution in [1.29, 1.82) is 0 Å². The minimum atomic E-state index is -3.99. The number of hydrogen-bond donors (Lipinski definition) is 1. The van der Waals surface area contributed by atoms with E-state index in [2.05, 4.69) is 10.4 Å². The summed E-state index contributed by atoms with van der Waals surface area (Å²) in [6.45, 7) is 3.55. The molecule has 0 atom stereocenters. The number of benzene rings is 3. The number of hydrogen-bond acceptors (Lipinski definition) is 4. The van der Waals surface area contributed by atoms with Gasteiger partial charge >= 0.3 is 0 Å². The Morgan fingerprint density at radius 1 is 1.00 bits per heavy atom. The summed E-state index contributed by atoms with van der Waals surface area (Å²) in [7, 11) is -3.99. The van der Waals surface area contributed by atoms with Crippen molar-refractivity contribution in [3.63, 3.8) is 0 Å². The van der Waals surface area contributed by atoms with E-state index in [-0.39, 0.29) is 11.4 Å². The predicted molar refractivity (Wildman–Crippen MR) is 138 cm³/mol. The predicted octanol–water partition coefficient (Wildman–Crippen LogP) is 5.03. The zero-order valence-corrected chi connectivity index (χ0v) is 20.9. The molecule has 1 aromatic heterocycles. The topological polar surface area (TPSA) is 84.3 Å². The fourth-order valence-electron chi connectivity index (χ4n) is 3.73. The maximum atomic E-state index is 13.3. The van der Waals surface area contributed by atoms with Gasteiger partial charge in [0.25, 0.3) is 0 Å². The number of rotatable bonds is 9. The standard InChI is InChI=1S/C27H27FN4O3S/c1-3-17-31(36(34,35)24-15-11-22(28)12-16-24)19-27(33)29-26-18-25(21-7-5-4-6-8-21)30-32(26)23-13-9-20(2)10-14-23/h4-16,18H,3,17,19H2,1-2H3,(H,29,33). The summed E-state index contributed by atoms with van der Waals surface area (Å²) < 4.78 is 42.3. The summed E-state index contributed by atoms with van der Waals surface area (Å²) in [5.41, 5.74) is 3.38. The van der Waals surface area contributed by atoms with Crippen LogP contribution in [0.2, 0.25) is 0 Å². The molecule has 0 saturated carbocycles. The number of carbonyl (C=O) groups excluding carboxylic acids is 1. The van der Waals surface area contributed by atoms with Crippen LogP contribution in [0.3, 0.4) is 0 Å². The molecule has 0 radical (unpaired) electrons. The van der Waals surface area contributed by atoms with Crippen LogP contribution in [0.5, 0.6) is 0 Å². The number of aryl methyl sites for hydroxylation is 1. The number of nitrogens with one attached hydrogen (secondary N) is 1. The summed E-state index contributed by atoms with van der Waals surface area (Å²) in [5, 5.41) is 7.52. The van der Waals surface area contributed by atoms with Gasteiger partial charge in [0.15, 0.2) is 0 Å². The van der Waals surface area contributed by atoms with E-state index in [1.54, 1.807) is 10.7 Å². The second kappa shape index (κ2) is 10.8. The smallest absolute Gasteiger partial charge is 0.243 e. The molecule has 9 heteroatoms. The van der Waals surface area contributed by atoms with Crippen LogP contribution in [0.1, 0.15) is 18.9 Å². The molecule has 186 valence electrons. The summed E-state index contributed by atoms with van der Waals surface area (Å²) in [5.74, 6) is -0.632. The summed E-state index contributed by atoms with van der Waals surface area (Å²) in [6.07, 6.45) is 0.507. The number of nitrogens with zero attached hydrogens (tertiary/aromatic N) is 3. The van der Waals surface area contributed by atoms with Gasteiger partial charge in [-0.15, -0.1) is 0 Å². The second-order valence-corrected chi connectivity index (χ2v) is 10.3. The SMILES string of the molecule is CCCN(CC(=O)Nc1cc(-c2ccccc2)nn1-c1ccc(C)cc1)S(=O)(=O)c1ccc(F)cc1. The highest BCUT2D eigenvalue weighted by molar-refractivity contribution is 7.89. The lowest BCUT2D eigenvalue weighted by atomic mass is 10.1. The van der Waals surface area contributed by atoms with Gasteiger partial charge in [-0.2, -0.15) is 9.40 Å². The third kappa shape index (κ3) is 5.69. The maximum Gasteiger partial charge on any atom is 0.243 e. The highest BCUT2D eigenvalue weighted by Crippen LogP contribution is 2.25. The van der Waals surface area contributed by atoms with Gasteiger partial charge in [0, 0.05) is 18.2 Å². The summed E-state index contributed by atoms with van der Waals surface area (Å²) in [4.78, 5) is 13.0. The van der Waals surface area contributed by atoms with Gasteiger partial charge in [-0.05, 0) is 49.7 Å². The van der Waals surface area contributed by atoms with Gasteiger partial charge < -0.3 is 5.32 Å². The van der Waals surface area contributed by atoms with Crippen LogP contribution in [-0.2, 0) is 14.8 Å². The number of sulfonamides is 1. The molecular formula is C27H27FN4O3S. The molecule has 1 N–H and O–H groups in total. The van der Waals surface area contributed by atoms with Gasteiger partial charge in [-0.1, -0.05) is 55.0 Å². The average molecular weight is 507 g/mol. The van der Waals surface area contributed by atoms with Crippen molar-refractivity contribution < 1.29 is 17.6 Å². The highest BCUT2D eigenvalue weighted by Gasteiger charge is 2.26. The molecule has 3 aromatic carbocycles. The zero-order valence-electron chi connectivity index (χ0n) is 20.1. The number of anilines is 1. The van der Waals surface area contributed by atoms with Gasteiger partial charge in [0.1, 0.15) is 11.6 Å². The number of carbonyl (C=O) groups is 1. The Bertz CT molecular complexity index is 1430. The van der Waals surface area contributed by atoms with Crippen molar-refractivity contribution in [2.45, 2.75) is 25.2 Å². The van der Waals surface area contributed by atoms with Crippen LogP contribution in [-0.4, -0.2) is 41.5 Å². The van der Waals surface area contributed by atoms with Crippen molar-refractivity contribution in [2.24, 2.45) is 0 Å². The zero-order chi connectivity index (χ0) is 25.7. The highest BCUT2D eigenvalue weighted by atomic mass is 32.2. The number of halogens is 1. The third-order valence-electron chi connectivity index (χ3n) is 5.57. The molecule has 0 spiro atoms. The Hall–Kier alpha value is -3.82. The van der Waals surface area contributed by atoms with Crippen LogP contribution in [0, 0.1) is 12.7 Å². The molecule has 0 bridgehead atoms. The monoisotopic (exact) mass is 506 g/mol. The van der Waals surface area contributed by atoms with E-state index in [1.807, 2.05) is 68.4 Å². The van der Waals surface area contributed by atoms with Gasteiger partial charge in [-0.25, -0.2) is 17.5 Å². The van der Waals surface area contributed by atoms with Crippen LogP contribution in [0.4, 0.5) is 10.2 Å². The van der Waals surface area contributed by atoms with Crippen molar-refractivity contribution in [1.82, 2.24) is 14.1 Å². The molecular weight excluding hydrogens is 479 g/mol.